The Morgan fingerprint density at radius 3 is 2.54 bits per heavy atom. The molecule has 0 aromatic heterocycles. The lowest BCUT2D eigenvalue weighted by atomic mass is 10.1. The van der Waals surface area contributed by atoms with Crippen molar-refractivity contribution in [1.82, 2.24) is 0 Å². The van der Waals surface area contributed by atoms with E-state index in [9.17, 15) is 8.78 Å². The molecule has 3 heteroatoms. The highest BCUT2D eigenvalue weighted by Crippen LogP contribution is 2.42. The van der Waals surface area contributed by atoms with Crippen LogP contribution in [0.1, 0.15) is 23.4 Å². The van der Waals surface area contributed by atoms with Gasteiger partial charge in [-0.25, -0.2) is 8.78 Å². The molecule has 0 aliphatic heterocycles. The average molecular weight is 203 g/mol. The summed E-state index contributed by atoms with van der Waals surface area (Å²) >= 11 is 5.96. The first-order valence-corrected chi connectivity index (χ1v) is 4.65. The molecule has 0 radical (unpaired) electrons. The summed E-state index contributed by atoms with van der Waals surface area (Å²) in [4.78, 5) is 0. The van der Waals surface area contributed by atoms with Gasteiger partial charge in [0.25, 0.3) is 0 Å². The van der Waals surface area contributed by atoms with E-state index in [0.29, 0.717) is 17.5 Å². The molecule has 0 fully saturated rings. The number of fused-ring (bicyclic) bond motifs is 1. The van der Waals surface area contributed by atoms with Gasteiger partial charge in [0.2, 0.25) is 0 Å². The summed E-state index contributed by atoms with van der Waals surface area (Å²) in [5.74, 6) is -0.616. The maximum atomic E-state index is 13.2. The third-order valence-electron chi connectivity index (χ3n) is 2.55. The van der Waals surface area contributed by atoms with Crippen LogP contribution in [0.25, 0.3) is 0 Å². The molecule has 0 spiro atoms. The lowest BCUT2D eigenvalue weighted by Gasteiger charge is -2.07. The van der Waals surface area contributed by atoms with Crippen LogP contribution in [0.2, 0.25) is 0 Å². The topological polar surface area (TPSA) is 0 Å². The van der Waals surface area contributed by atoms with Gasteiger partial charge in [-0.2, -0.15) is 0 Å². The molecular weight excluding hydrogens is 194 g/mol. The van der Waals surface area contributed by atoms with Crippen molar-refractivity contribution in [3.8, 4) is 0 Å². The Hall–Kier alpha value is -0.630. The van der Waals surface area contributed by atoms with Crippen molar-refractivity contribution in [1.29, 1.82) is 0 Å². The van der Waals surface area contributed by atoms with E-state index in [1.54, 1.807) is 0 Å². The van der Waals surface area contributed by atoms with Gasteiger partial charge in [-0.15, -0.1) is 11.6 Å². The molecule has 2 unspecified atom stereocenters. The summed E-state index contributed by atoms with van der Waals surface area (Å²) < 4.78 is 26.4. The average Bonchev–Trinajstić information content (AvgIpc) is 2.38. The molecule has 1 aromatic rings. The monoisotopic (exact) mass is 202 g/mol. The third kappa shape index (κ3) is 1.24. The quantitative estimate of drug-likeness (QED) is 0.566. The zero-order chi connectivity index (χ0) is 9.59. The first-order valence-electron chi connectivity index (χ1n) is 4.22. The summed E-state index contributed by atoms with van der Waals surface area (Å²) in [6.07, 6.45) is 0.535. The molecule has 1 aliphatic rings. The fourth-order valence-corrected chi connectivity index (χ4v) is 2.15. The number of benzene rings is 1. The number of rotatable bonds is 0. The van der Waals surface area contributed by atoms with E-state index in [0.717, 1.165) is 12.1 Å². The Morgan fingerprint density at radius 2 is 1.92 bits per heavy atom. The van der Waals surface area contributed by atoms with Crippen molar-refractivity contribution in [2.24, 2.45) is 5.92 Å². The Bertz CT molecular complexity index is 349. The highest BCUT2D eigenvalue weighted by atomic mass is 35.5. The van der Waals surface area contributed by atoms with Gasteiger partial charge in [-0.3, -0.25) is 0 Å². The van der Waals surface area contributed by atoms with Crippen molar-refractivity contribution in [2.45, 2.75) is 18.7 Å². The van der Waals surface area contributed by atoms with Crippen molar-refractivity contribution < 1.29 is 8.78 Å². The molecule has 0 saturated heterocycles. The van der Waals surface area contributed by atoms with Crippen LogP contribution in [0.5, 0.6) is 0 Å². The molecule has 13 heavy (non-hydrogen) atoms. The van der Waals surface area contributed by atoms with Crippen molar-refractivity contribution >= 4 is 11.6 Å². The van der Waals surface area contributed by atoms with E-state index < -0.39 is 0 Å². The van der Waals surface area contributed by atoms with Crippen LogP contribution in [-0.2, 0) is 6.42 Å². The molecule has 0 saturated carbocycles. The normalized spacial score (nSPS) is 26.2. The lowest BCUT2D eigenvalue weighted by Crippen LogP contribution is -1.96. The molecule has 0 heterocycles. The smallest absolute Gasteiger partial charge is 0.128 e. The van der Waals surface area contributed by atoms with E-state index >= 15 is 0 Å². The van der Waals surface area contributed by atoms with Crippen LogP contribution in [-0.4, -0.2) is 0 Å². The van der Waals surface area contributed by atoms with Gasteiger partial charge in [-0.1, -0.05) is 6.92 Å². The molecule has 2 rings (SSSR count). The van der Waals surface area contributed by atoms with Gasteiger partial charge in [0.15, 0.2) is 0 Å². The molecule has 2 atom stereocenters. The van der Waals surface area contributed by atoms with Crippen LogP contribution in [0.4, 0.5) is 8.78 Å². The van der Waals surface area contributed by atoms with Crippen molar-refractivity contribution in [3.63, 3.8) is 0 Å². The van der Waals surface area contributed by atoms with Gasteiger partial charge >= 0.3 is 0 Å². The van der Waals surface area contributed by atoms with E-state index in [4.69, 9.17) is 11.6 Å². The Balaban J connectivity index is 2.61. The van der Waals surface area contributed by atoms with Gasteiger partial charge < -0.3 is 0 Å². The molecule has 70 valence electrons. The fourth-order valence-electron chi connectivity index (χ4n) is 1.83. The highest BCUT2D eigenvalue weighted by molar-refractivity contribution is 6.21. The molecule has 1 aliphatic carbocycles. The lowest BCUT2D eigenvalue weighted by molar-refractivity contribution is 0.574. The minimum atomic E-state index is -0.388. The van der Waals surface area contributed by atoms with E-state index in [2.05, 4.69) is 0 Å². The third-order valence-corrected chi connectivity index (χ3v) is 3.20. The second-order valence-corrected chi connectivity index (χ2v) is 3.97. The van der Waals surface area contributed by atoms with Crippen LogP contribution < -0.4 is 0 Å². The zero-order valence-corrected chi connectivity index (χ0v) is 7.91. The maximum absolute atomic E-state index is 13.2. The number of hydrogen-bond acceptors (Lipinski definition) is 0. The predicted molar refractivity (Wildman–Crippen MR) is 47.8 cm³/mol. The SMILES string of the molecule is CC1Cc2c(F)ccc(F)c2C1Cl. The van der Waals surface area contributed by atoms with E-state index in [1.807, 2.05) is 6.92 Å². The first-order chi connectivity index (χ1) is 6.11. The molecule has 0 nitrogen and oxygen atoms in total. The van der Waals surface area contributed by atoms with Crippen LogP contribution >= 0.6 is 11.6 Å². The van der Waals surface area contributed by atoms with Crippen LogP contribution in [0.15, 0.2) is 12.1 Å². The minimum Gasteiger partial charge on any atom is -0.207 e. The molecular formula is C10H9ClF2. The van der Waals surface area contributed by atoms with Crippen molar-refractivity contribution in [3.05, 3.63) is 34.9 Å². The number of hydrogen-bond donors (Lipinski definition) is 0. The number of halogens is 3. The Kier molecular flexibility index (Phi) is 2.03. The molecule has 0 amide bonds. The Morgan fingerprint density at radius 1 is 1.31 bits per heavy atom. The second-order valence-electron chi connectivity index (χ2n) is 3.50. The van der Waals surface area contributed by atoms with E-state index in [-0.39, 0.29) is 22.9 Å². The number of alkyl halides is 1. The zero-order valence-electron chi connectivity index (χ0n) is 7.15. The van der Waals surface area contributed by atoms with Crippen LogP contribution in [0.3, 0.4) is 0 Å². The fraction of sp³-hybridized carbons (Fsp3) is 0.400. The van der Waals surface area contributed by atoms with Gasteiger partial charge in [0.05, 0.1) is 5.38 Å². The largest absolute Gasteiger partial charge is 0.207 e. The summed E-state index contributed by atoms with van der Waals surface area (Å²) in [5, 5.41) is -0.384. The van der Waals surface area contributed by atoms with E-state index in [1.165, 1.54) is 0 Å². The highest BCUT2D eigenvalue weighted by Gasteiger charge is 2.32. The standard InChI is InChI=1S/C10H9ClF2/c1-5-4-6-7(12)2-3-8(13)9(6)10(5)11/h2-3,5,10H,4H2,1H3. The molecule has 1 aromatic carbocycles. The summed E-state index contributed by atoms with van der Waals surface area (Å²) in [5.41, 5.74) is 0.807. The van der Waals surface area contributed by atoms with Gasteiger partial charge in [-0.05, 0) is 30.0 Å². The van der Waals surface area contributed by atoms with Crippen LogP contribution in [0, 0.1) is 17.6 Å². The maximum Gasteiger partial charge on any atom is 0.128 e. The first kappa shape index (κ1) is 8.95. The van der Waals surface area contributed by atoms with Crippen molar-refractivity contribution in [2.75, 3.05) is 0 Å². The van der Waals surface area contributed by atoms with Gasteiger partial charge in [0.1, 0.15) is 11.6 Å². The summed E-state index contributed by atoms with van der Waals surface area (Å²) in [6, 6.07) is 2.30. The summed E-state index contributed by atoms with van der Waals surface area (Å²) in [6.45, 7) is 1.90. The summed E-state index contributed by atoms with van der Waals surface area (Å²) in [7, 11) is 0. The minimum absolute atomic E-state index is 0.114. The Labute approximate surface area is 80.5 Å². The molecule has 0 bridgehead atoms. The molecule has 0 N–H and O–H groups in total. The van der Waals surface area contributed by atoms with Gasteiger partial charge in [0, 0.05) is 5.56 Å². The predicted octanol–water partition coefficient (Wildman–Crippen LogP) is 3.44. The second kappa shape index (κ2) is 2.95.